The van der Waals surface area contributed by atoms with Crippen LogP contribution in [0.5, 0.6) is 0 Å². The second kappa shape index (κ2) is 5.48. The summed E-state index contributed by atoms with van der Waals surface area (Å²) in [5, 5.41) is 16.9. The van der Waals surface area contributed by atoms with E-state index in [4.69, 9.17) is 4.74 Å². The van der Waals surface area contributed by atoms with Crippen molar-refractivity contribution in [1.82, 2.24) is 10.6 Å². The Labute approximate surface area is 104 Å². The fraction of sp³-hybridized carbons (Fsp3) is 0.545. The number of ether oxygens (including phenoxy) is 1. The first-order valence-corrected chi connectivity index (χ1v) is 6.37. The van der Waals surface area contributed by atoms with Gasteiger partial charge in [0.1, 0.15) is 0 Å². The number of urea groups is 1. The summed E-state index contributed by atoms with van der Waals surface area (Å²) in [5.41, 5.74) is 1.20. The van der Waals surface area contributed by atoms with Gasteiger partial charge < -0.3 is 20.5 Å². The van der Waals surface area contributed by atoms with Gasteiger partial charge in [0.05, 0.1) is 31.9 Å². The van der Waals surface area contributed by atoms with Gasteiger partial charge in [-0.1, -0.05) is 0 Å². The summed E-state index contributed by atoms with van der Waals surface area (Å²) in [7, 11) is 0. The molecule has 5 nitrogen and oxygen atoms in total. The topological polar surface area (TPSA) is 70.6 Å². The van der Waals surface area contributed by atoms with Crippen molar-refractivity contribution in [2.75, 3.05) is 13.2 Å². The molecular formula is C11H16N2O3S. The molecule has 1 aliphatic rings. The van der Waals surface area contributed by atoms with Crippen molar-refractivity contribution in [2.45, 2.75) is 25.6 Å². The molecule has 94 valence electrons. The molecule has 0 radical (unpaired) electrons. The highest BCUT2D eigenvalue weighted by atomic mass is 32.1. The zero-order valence-corrected chi connectivity index (χ0v) is 10.4. The van der Waals surface area contributed by atoms with E-state index in [-0.39, 0.29) is 18.7 Å². The molecule has 1 aliphatic heterocycles. The summed E-state index contributed by atoms with van der Waals surface area (Å²) in [5.74, 6) is 0. The van der Waals surface area contributed by atoms with E-state index in [1.54, 1.807) is 11.3 Å². The van der Waals surface area contributed by atoms with Crippen molar-refractivity contribution in [3.63, 3.8) is 0 Å². The number of hydrogen-bond donors (Lipinski definition) is 3. The van der Waals surface area contributed by atoms with Crippen molar-refractivity contribution < 1.29 is 14.6 Å². The maximum Gasteiger partial charge on any atom is 0.315 e. The largest absolute Gasteiger partial charge is 0.388 e. The van der Waals surface area contributed by atoms with Crippen LogP contribution in [-0.4, -0.2) is 36.5 Å². The van der Waals surface area contributed by atoms with Crippen LogP contribution in [0.1, 0.15) is 10.4 Å². The summed E-state index contributed by atoms with van der Waals surface area (Å²) in [6.45, 7) is 3.18. The maximum atomic E-state index is 11.5. The maximum absolute atomic E-state index is 11.5. The van der Waals surface area contributed by atoms with E-state index in [0.29, 0.717) is 13.2 Å². The number of aliphatic hydroxyl groups is 1. The molecule has 0 aromatic carbocycles. The number of aliphatic hydroxyl groups excluding tert-OH is 1. The Hall–Kier alpha value is -1.11. The van der Waals surface area contributed by atoms with E-state index >= 15 is 0 Å². The number of carbonyl (C=O) groups is 1. The average Bonchev–Trinajstić information content (AvgIpc) is 2.86. The molecule has 3 N–H and O–H groups in total. The van der Waals surface area contributed by atoms with E-state index in [9.17, 15) is 9.90 Å². The predicted molar refractivity (Wildman–Crippen MR) is 65.0 cm³/mol. The van der Waals surface area contributed by atoms with E-state index < -0.39 is 6.10 Å². The fourth-order valence-corrected chi connectivity index (χ4v) is 2.47. The van der Waals surface area contributed by atoms with Gasteiger partial charge in [0.15, 0.2) is 0 Å². The monoisotopic (exact) mass is 256 g/mol. The summed E-state index contributed by atoms with van der Waals surface area (Å²) in [6.07, 6.45) is -0.607. The lowest BCUT2D eigenvalue weighted by molar-refractivity contribution is 0.122. The van der Waals surface area contributed by atoms with Crippen LogP contribution in [0, 0.1) is 6.92 Å². The van der Waals surface area contributed by atoms with Crippen LogP contribution < -0.4 is 10.6 Å². The normalized spacial score (nSPS) is 23.6. The second-order valence-electron chi connectivity index (χ2n) is 4.13. The van der Waals surface area contributed by atoms with Gasteiger partial charge in [0.2, 0.25) is 0 Å². The first kappa shape index (κ1) is 12.3. The smallest absolute Gasteiger partial charge is 0.315 e. The van der Waals surface area contributed by atoms with Gasteiger partial charge in [-0.15, -0.1) is 11.3 Å². The van der Waals surface area contributed by atoms with Gasteiger partial charge in [-0.25, -0.2) is 4.79 Å². The Morgan fingerprint density at radius 2 is 2.47 bits per heavy atom. The van der Waals surface area contributed by atoms with Gasteiger partial charge in [-0.2, -0.15) is 0 Å². The molecule has 2 atom stereocenters. The molecule has 0 saturated carbocycles. The number of amides is 2. The summed E-state index contributed by atoms with van der Waals surface area (Å²) >= 11 is 1.62. The third-order valence-corrected chi connectivity index (χ3v) is 3.63. The SMILES string of the molecule is Cc1csc(CNC(=O)N[C@H]2COC[C@@H]2O)c1. The van der Waals surface area contributed by atoms with E-state index in [1.165, 1.54) is 5.56 Å². The average molecular weight is 256 g/mol. The van der Waals surface area contributed by atoms with Crippen LogP contribution in [0.25, 0.3) is 0 Å². The minimum absolute atomic E-state index is 0.273. The summed E-state index contributed by atoms with van der Waals surface area (Å²) < 4.78 is 5.05. The highest BCUT2D eigenvalue weighted by Gasteiger charge is 2.27. The molecule has 2 rings (SSSR count). The van der Waals surface area contributed by atoms with Gasteiger partial charge in [-0.05, 0) is 23.9 Å². The molecule has 1 aromatic rings. The lowest BCUT2D eigenvalue weighted by atomic mass is 10.2. The molecule has 2 heterocycles. The summed E-state index contributed by atoms with van der Waals surface area (Å²) in [6, 6.07) is 1.46. The van der Waals surface area contributed by atoms with Gasteiger partial charge in [-0.3, -0.25) is 0 Å². The zero-order valence-electron chi connectivity index (χ0n) is 9.60. The Morgan fingerprint density at radius 1 is 1.65 bits per heavy atom. The van der Waals surface area contributed by atoms with Gasteiger partial charge >= 0.3 is 6.03 Å². The van der Waals surface area contributed by atoms with Crippen LogP contribution in [0.3, 0.4) is 0 Å². The first-order valence-electron chi connectivity index (χ1n) is 5.49. The van der Waals surface area contributed by atoms with Crippen LogP contribution in [0.15, 0.2) is 11.4 Å². The van der Waals surface area contributed by atoms with Crippen LogP contribution in [0.2, 0.25) is 0 Å². The summed E-state index contributed by atoms with van der Waals surface area (Å²) in [4.78, 5) is 12.7. The van der Waals surface area contributed by atoms with Gasteiger partial charge in [0, 0.05) is 4.88 Å². The molecule has 0 unspecified atom stereocenters. The third-order valence-electron chi connectivity index (χ3n) is 2.58. The minimum Gasteiger partial charge on any atom is -0.388 e. The molecule has 1 saturated heterocycles. The van der Waals surface area contributed by atoms with Crippen molar-refractivity contribution in [2.24, 2.45) is 0 Å². The first-order chi connectivity index (χ1) is 8.15. The van der Waals surface area contributed by atoms with Crippen molar-refractivity contribution in [3.05, 3.63) is 21.9 Å². The quantitative estimate of drug-likeness (QED) is 0.742. The van der Waals surface area contributed by atoms with Crippen molar-refractivity contribution in [3.8, 4) is 0 Å². The highest BCUT2D eigenvalue weighted by molar-refractivity contribution is 7.10. The molecule has 1 aromatic heterocycles. The molecule has 2 amide bonds. The number of carbonyl (C=O) groups excluding carboxylic acids is 1. The molecule has 0 spiro atoms. The Kier molecular flexibility index (Phi) is 3.98. The highest BCUT2D eigenvalue weighted by Crippen LogP contribution is 2.12. The molecule has 0 bridgehead atoms. The Bertz CT molecular complexity index is 394. The lowest BCUT2D eigenvalue weighted by Crippen LogP contribution is -2.46. The number of aryl methyl sites for hydroxylation is 1. The van der Waals surface area contributed by atoms with Crippen molar-refractivity contribution in [1.29, 1.82) is 0 Å². The molecule has 1 fully saturated rings. The predicted octanol–water partition coefficient (Wildman–Crippen LogP) is 0.615. The Balaban J connectivity index is 1.74. The molecular weight excluding hydrogens is 240 g/mol. The van der Waals surface area contributed by atoms with Crippen molar-refractivity contribution >= 4 is 17.4 Å². The standard InChI is InChI=1S/C11H16N2O3S/c1-7-2-8(17-6-7)3-12-11(15)13-9-4-16-5-10(9)14/h2,6,9-10,14H,3-5H2,1H3,(H2,12,13,15)/t9-,10-/m0/s1. The van der Waals surface area contributed by atoms with Crippen LogP contribution in [-0.2, 0) is 11.3 Å². The van der Waals surface area contributed by atoms with E-state index in [2.05, 4.69) is 10.6 Å². The number of nitrogens with one attached hydrogen (secondary N) is 2. The second-order valence-corrected chi connectivity index (χ2v) is 5.12. The molecule has 0 aliphatic carbocycles. The van der Waals surface area contributed by atoms with E-state index in [1.807, 2.05) is 18.4 Å². The fourth-order valence-electron chi connectivity index (χ4n) is 1.65. The molecule has 6 heteroatoms. The van der Waals surface area contributed by atoms with Crippen LogP contribution in [0.4, 0.5) is 4.79 Å². The van der Waals surface area contributed by atoms with E-state index in [0.717, 1.165) is 4.88 Å². The number of rotatable bonds is 3. The van der Waals surface area contributed by atoms with Crippen LogP contribution >= 0.6 is 11.3 Å². The third kappa shape index (κ3) is 3.42. The number of hydrogen-bond acceptors (Lipinski definition) is 4. The molecule has 17 heavy (non-hydrogen) atoms. The lowest BCUT2D eigenvalue weighted by Gasteiger charge is -2.14. The minimum atomic E-state index is -0.607. The zero-order chi connectivity index (χ0) is 12.3. The number of thiophene rings is 1. The van der Waals surface area contributed by atoms with Gasteiger partial charge in [0.25, 0.3) is 0 Å². The Morgan fingerprint density at radius 3 is 3.06 bits per heavy atom.